The molecule has 0 radical (unpaired) electrons. The van der Waals surface area contributed by atoms with Crippen LogP contribution in [-0.4, -0.2) is 32.9 Å². The van der Waals surface area contributed by atoms with Gasteiger partial charge in [-0.05, 0) is 38.4 Å². The van der Waals surface area contributed by atoms with Crippen LogP contribution in [0.25, 0.3) is 0 Å². The molecule has 1 aliphatic heterocycles. The number of hydrogen-bond donors (Lipinski definition) is 1. The van der Waals surface area contributed by atoms with E-state index in [0.717, 1.165) is 18.7 Å². The Morgan fingerprint density at radius 2 is 2.10 bits per heavy atom. The molecule has 1 N–H and O–H groups in total. The molecule has 20 heavy (non-hydrogen) atoms. The van der Waals surface area contributed by atoms with Gasteiger partial charge in [-0.2, -0.15) is 0 Å². The Kier molecular flexibility index (Phi) is 5.23. The highest BCUT2D eigenvalue weighted by atomic mass is 32.2. The lowest BCUT2D eigenvalue weighted by atomic mass is 10.3. The molecule has 114 valence electrons. The molecule has 2 rings (SSSR count). The highest BCUT2D eigenvalue weighted by Gasteiger charge is 2.36. The fraction of sp³-hybridized carbons (Fsp3) is 0.714. The zero-order chi connectivity index (χ0) is 14.6. The van der Waals surface area contributed by atoms with E-state index >= 15 is 0 Å². The Balaban J connectivity index is 1.95. The zero-order valence-corrected chi connectivity index (χ0v) is 12.9. The van der Waals surface area contributed by atoms with Crippen LogP contribution in [0.2, 0.25) is 0 Å². The number of sulfone groups is 1. The lowest BCUT2D eigenvalue weighted by molar-refractivity contribution is 0.126. The van der Waals surface area contributed by atoms with E-state index in [1.807, 2.05) is 13.0 Å². The largest absolute Gasteiger partial charge is 0.464 e. The third-order valence-electron chi connectivity index (χ3n) is 3.55. The first-order chi connectivity index (χ1) is 9.53. The molecule has 1 aromatic rings. The van der Waals surface area contributed by atoms with E-state index in [2.05, 4.69) is 12.2 Å². The van der Waals surface area contributed by atoms with E-state index in [4.69, 9.17) is 9.15 Å². The van der Waals surface area contributed by atoms with Crippen molar-refractivity contribution in [1.29, 1.82) is 0 Å². The summed E-state index contributed by atoms with van der Waals surface area (Å²) < 4.78 is 35.6. The summed E-state index contributed by atoms with van der Waals surface area (Å²) in [5.74, 6) is 1.25. The van der Waals surface area contributed by atoms with Gasteiger partial charge in [-0.15, -0.1) is 0 Å². The quantitative estimate of drug-likeness (QED) is 0.779. The second-order valence-electron chi connectivity index (χ2n) is 5.26. The number of ether oxygens (including phenoxy) is 1. The smallest absolute Gasteiger partial charge is 0.163 e. The molecule has 1 saturated heterocycles. The summed E-state index contributed by atoms with van der Waals surface area (Å²) >= 11 is 0. The SMILES string of the molecule is CCCNCc1ccc(CS(=O)(=O)C2CCOC2C)o1. The van der Waals surface area contributed by atoms with E-state index in [9.17, 15) is 8.42 Å². The van der Waals surface area contributed by atoms with Gasteiger partial charge in [0.25, 0.3) is 0 Å². The molecule has 5 nitrogen and oxygen atoms in total. The van der Waals surface area contributed by atoms with Gasteiger partial charge in [0, 0.05) is 6.61 Å². The summed E-state index contributed by atoms with van der Waals surface area (Å²) in [5, 5.41) is 2.82. The normalized spacial score (nSPS) is 23.3. The van der Waals surface area contributed by atoms with E-state index in [-0.39, 0.29) is 11.9 Å². The topological polar surface area (TPSA) is 68.5 Å². The first-order valence-corrected chi connectivity index (χ1v) is 8.86. The fourth-order valence-electron chi connectivity index (χ4n) is 2.47. The van der Waals surface area contributed by atoms with Crippen LogP contribution in [0.5, 0.6) is 0 Å². The molecule has 0 saturated carbocycles. The molecule has 0 spiro atoms. The summed E-state index contributed by atoms with van der Waals surface area (Å²) in [4.78, 5) is 0. The molecule has 0 amide bonds. The van der Waals surface area contributed by atoms with Gasteiger partial charge in [-0.3, -0.25) is 0 Å². The van der Waals surface area contributed by atoms with Crippen molar-refractivity contribution in [3.63, 3.8) is 0 Å². The molecule has 2 atom stereocenters. The van der Waals surface area contributed by atoms with Crippen LogP contribution in [0.3, 0.4) is 0 Å². The van der Waals surface area contributed by atoms with Crippen molar-refractivity contribution in [2.75, 3.05) is 13.2 Å². The van der Waals surface area contributed by atoms with Gasteiger partial charge in [-0.1, -0.05) is 6.92 Å². The highest BCUT2D eigenvalue weighted by Crippen LogP contribution is 2.24. The van der Waals surface area contributed by atoms with Crippen LogP contribution in [0.1, 0.15) is 38.2 Å². The van der Waals surface area contributed by atoms with Crippen molar-refractivity contribution >= 4 is 9.84 Å². The lowest BCUT2D eigenvalue weighted by Gasteiger charge is -2.13. The lowest BCUT2D eigenvalue weighted by Crippen LogP contribution is -2.29. The second kappa shape index (κ2) is 6.74. The van der Waals surface area contributed by atoms with Crippen molar-refractivity contribution in [1.82, 2.24) is 5.32 Å². The maximum atomic E-state index is 12.3. The average Bonchev–Trinajstić information content (AvgIpc) is 2.99. The number of furan rings is 1. The second-order valence-corrected chi connectivity index (χ2v) is 7.47. The molecule has 0 aliphatic carbocycles. The molecule has 0 bridgehead atoms. The molecule has 1 aromatic heterocycles. The Bertz CT molecular complexity index is 523. The van der Waals surface area contributed by atoms with Gasteiger partial charge >= 0.3 is 0 Å². The zero-order valence-electron chi connectivity index (χ0n) is 12.1. The van der Waals surface area contributed by atoms with Crippen molar-refractivity contribution in [3.05, 3.63) is 23.7 Å². The molecule has 2 unspecified atom stereocenters. The summed E-state index contributed by atoms with van der Waals surface area (Å²) in [5.41, 5.74) is 0. The minimum Gasteiger partial charge on any atom is -0.464 e. The van der Waals surface area contributed by atoms with Gasteiger partial charge in [0.15, 0.2) is 9.84 Å². The minimum absolute atomic E-state index is 0.0425. The molecule has 6 heteroatoms. The van der Waals surface area contributed by atoms with Crippen molar-refractivity contribution in [2.24, 2.45) is 0 Å². The highest BCUT2D eigenvalue weighted by molar-refractivity contribution is 7.91. The van der Waals surface area contributed by atoms with Crippen molar-refractivity contribution in [3.8, 4) is 0 Å². The average molecular weight is 301 g/mol. The fourth-order valence-corrected chi connectivity index (χ4v) is 4.36. The van der Waals surface area contributed by atoms with Crippen molar-refractivity contribution < 1.29 is 17.6 Å². The maximum Gasteiger partial charge on any atom is 0.163 e. The first-order valence-electron chi connectivity index (χ1n) is 7.14. The van der Waals surface area contributed by atoms with Crippen LogP contribution in [-0.2, 0) is 26.9 Å². The van der Waals surface area contributed by atoms with Gasteiger partial charge < -0.3 is 14.5 Å². The molecular weight excluding hydrogens is 278 g/mol. The molecule has 2 heterocycles. The van der Waals surface area contributed by atoms with Crippen LogP contribution < -0.4 is 5.32 Å². The summed E-state index contributed by atoms with van der Waals surface area (Å²) in [6, 6.07) is 3.59. The monoisotopic (exact) mass is 301 g/mol. The Labute approximate surface area is 120 Å². The molecule has 0 aromatic carbocycles. The van der Waals surface area contributed by atoms with Crippen LogP contribution >= 0.6 is 0 Å². The third kappa shape index (κ3) is 3.84. The summed E-state index contributed by atoms with van der Waals surface area (Å²) in [6.07, 6.45) is 1.41. The maximum absolute atomic E-state index is 12.3. The van der Waals surface area contributed by atoms with Gasteiger partial charge in [-0.25, -0.2) is 8.42 Å². The predicted molar refractivity (Wildman–Crippen MR) is 77.1 cm³/mol. The number of hydrogen-bond acceptors (Lipinski definition) is 5. The Morgan fingerprint density at radius 3 is 2.75 bits per heavy atom. The molecule has 1 fully saturated rings. The van der Waals surface area contributed by atoms with Crippen LogP contribution in [0.4, 0.5) is 0 Å². The number of rotatable bonds is 7. The molecule has 1 aliphatic rings. The summed E-state index contributed by atoms with van der Waals surface area (Å²) in [6.45, 7) is 5.99. The minimum atomic E-state index is -3.21. The van der Waals surface area contributed by atoms with E-state index < -0.39 is 15.1 Å². The van der Waals surface area contributed by atoms with Gasteiger partial charge in [0.2, 0.25) is 0 Å². The van der Waals surface area contributed by atoms with Crippen LogP contribution in [0.15, 0.2) is 16.5 Å². The van der Waals surface area contributed by atoms with Gasteiger partial charge in [0.05, 0.1) is 17.9 Å². The van der Waals surface area contributed by atoms with Crippen LogP contribution in [0, 0.1) is 0 Å². The Morgan fingerprint density at radius 1 is 1.35 bits per heavy atom. The van der Waals surface area contributed by atoms with Crippen molar-refractivity contribution in [2.45, 2.75) is 50.3 Å². The standard InChI is InChI=1S/C14H23NO4S/c1-3-7-15-9-12-4-5-13(19-12)10-20(16,17)14-6-8-18-11(14)2/h4-5,11,14-15H,3,6-10H2,1-2H3. The predicted octanol–water partition coefficient (Wildman–Crippen LogP) is 1.87. The first kappa shape index (κ1) is 15.5. The number of nitrogens with one attached hydrogen (secondary N) is 1. The summed E-state index contributed by atoms with van der Waals surface area (Å²) in [7, 11) is -3.21. The Hall–Kier alpha value is -0.850. The van der Waals surface area contributed by atoms with E-state index in [0.29, 0.717) is 25.3 Å². The third-order valence-corrected chi connectivity index (χ3v) is 5.78. The van der Waals surface area contributed by atoms with Gasteiger partial charge in [0.1, 0.15) is 17.3 Å². The van der Waals surface area contributed by atoms with E-state index in [1.165, 1.54) is 0 Å². The molecular formula is C14H23NO4S. The van der Waals surface area contributed by atoms with E-state index in [1.54, 1.807) is 6.07 Å².